The molecular weight excluding hydrogens is 364 g/mol. The number of nitrogens with zero attached hydrogens (tertiary/aromatic N) is 1. The van der Waals surface area contributed by atoms with E-state index in [0.717, 1.165) is 43.9 Å². The van der Waals surface area contributed by atoms with Crippen LogP contribution in [0.4, 0.5) is 5.69 Å². The van der Waals surface area contributed by atoms with Crippen LogP contribution in [0, 0.1) is 5.92 Å². The van der Waals surface area contributed by atoms with Crippen LogP contribution in [0.3, 0.4) is 0 Å². The number of hydrogen-bond donors (Lipinski definition) is 1. The predicted octanol–water partition coefficient (Wildman–Crippen LogP) is 4.52. The maximum atomic E-state index is 12.6. The van der Waals surface area contributed by atoms with Crippen LogP contribution in [0.15, 0.2) is 48.5 Å². The lowest BCUT2D eigenvalue weighted by atomic mass is 10.0. The van der Waals surface area contributed by atoms with Crippen LogP contribution in [0.25, 0.3) is 0 Å². The lowest BCUT2D eigenvalue weighted by Crippen LogP contribution is -2.44. The Morgan fingerprint density at radius 2 is 1.66 bits per heavy atom. The minimum Gasteiger partial charge on any atom is -0.497 e. The fourth-order valence-electron chi connectivity index (χ4n) is 3.46. The number of carbonyl (C=O) groups is 1. The summed E-state index contributed by atoms with van der Waals surface area (Å²) >= 11 is 0. The lowest BCUT2D eigenvalue weighted by molar-refractivity contribution is 0.0931. The van der Waals surface area contributed by atoms with E-state index < -0.39 is 0 Å². The van der Waals surface area contributed by atoms with Crippen molar-refractivity contribution in [1.29, 1.82) is 0 Å². The molecule has 0 bridgehead atoms. The average Bonchev–Trinajstić information content (AvgIpc) is 2.74. The number of rotatable bonds is 8. The molecule has 1 saturated heterocycles. The maximum Gasteiger partial charge on any atom is 0.251 e. The molecule has 29 heavy (non-hydrogen) atoms. The van der Waals surface area contributed by atoms with Gasteiger partial charge in [-0.25, -0.2) is 0 Å². The van der Waals surface area contributed by atoms with Crippen molar-refractivity contribution in [3.05, 3.63) is 54.1 Å². The molecule has 0 atom stereocenters. The molecule has 5 nitrogen and oxygen atoms in total. The monoisotopic (exact) mass is 396 g/mol. The first kappa shape index (κ1) is 21.0. The zero-order valence-corrected chi connectivity index (χ0v) is 17.7. The van der Waals surface area contributed by atoms with Crippen molar-refractivity contribution in [3.8, 4) is 11.5 Å². The Morgan fingerprint density at radius 1 is 1.03 bits per heavy atom. The topological polar surface area (TPSA) is 50.8 Å². The van der Waals surface area contributed by atoms with Gasteiger partial charge in [0.15, 0.2) is 0 Å². The van der Waals surface area contributed by atoms with E-state index in [2.05, 4.69) is 36.2 Å². The Bertz CT molecular complexity index is 764. The van der Waals surface area contributed by atoms with Gasteiger partial charge in [0.2, 0.25) is 0 Å². The highest BCUT2D eigenvalue weighted by Crippen LogP contribution is 2.23. The van der Waals surface area contributed by atoms with Crippen LogP contribution in [-0.2, 0) is 0 Å². The number of ether oxygens (including phenoxy) is 2. The Morgan fingerprint density at radius 3 is 2.24 bits per heavy atom. The first-order valence-electron chi connectivity index (χ1n) is 10.5. The van der Waals surface area contributed by atoms with Crippen LogP contribution >= 0.6 is 0 Å². The normalized spacial score (nSPS) is 14.7. The van der Waals surface area contributed by atoms with Gasteiger partial charge >= 0.3 is 0 Å². The summed E-state index contributed by atoms with van der Waals surface area (Å²) in [5, 5.41) is 3.18. The molecule has 5 heteroatoms. The van der Waals surface area contributed by atoms with E-state index in [4.69, 9.17) is 9.47 Å². The average molecular weight is 397 g/mol. The zero-order chi connectivity index (χ0) is 20.6. The van der Waals surface area contributed by atoms with Crippen LogP contribution in [-0.4, -0.2) is 38.8 Å². The fraction of sp³-hybridized carbons (Fsp3) is 0.458. The van der Waals surface area contributed by atoms with Crippen molar-refractivity contribution in [1.82, 2.24) is 5.32 Å². The molecule has 0 radical (unpaired) electrons. The minimum atomic E-state index is -0.0124. The molecule has 2 aromatic carbocycles. The third-order valence-corrected chi connectivity index (χ3v) is 5.35. The lowest BCUT2D eigenvalue weighted by Gasteiger charge is -2.34. The van der Waals surface area contributed by atoms with Gasteiger partial charge in [-0.05, 0) is 73.7 Å². The number of anilines is 1. The molecule has 2 aromatic rings. The summed E-state index contributed by atoms with van der Waals surface area (Å²) in [6, 6.07) is 15.8. The van der Waals surface area contributed by atoms with Gasteiger partial charge in [-0.3, -0.25) is 4.79 Å². The van der Waals surface area contributed by atoms with Crippen LogP contribution in [0.2, 0.25) is 0 Å². The van der Waals surface area contributed by atoms with Crippen molar-refractivity contribution >= 4 is 11.6 Å². The molecule has 3 rings (SSSR count). The SMILES string of the molecule is COc1ccc(N2CCC(NC(=O)c3ccc(OCCC(C)C)cc3)CC2)cc1. The fourth-order valence-corrected chi connectivity index (χ4v) is 3.46. The molecule has 0 aromatic heterocycles. The molecule has 1 aliphatic rings. The number of carbonyl (C=O) groups excluding carboxylic acids is 1. The highest BCUT2D eigenvalue weighted by atomic mass is 16.5. The van der Waals surface area contributed by atoms with Crippen molar-refractivity contribution in [2.75, 3.05) is 31.7 Å². The molecule has 1 amide bonds. The molecule has 0 aliphatic carbocycles. The summed E-state index contributed by atoms with van der Waals surface area (Å²) in [4.78, 5) is 14.9. The van der Waals surface area contributed by atoms with Crippen molar-refractivity contribution in [3.63, 3.8) is 0 Å². The second-order valence-corrected chi connectivity index (χ2v) is 7.99. The van der Waals surface area contributed by atoms with E-state index in [0.29, 0.717) is 18.1 Å². The number of nitrogens with one attached hydrogen (secondary N) is 1. The number of amides is 1. The van der Waals surface area contributed by atoms with Gasteiger partial charge in [-0.1, -0.05) is 13.8 Å². The van der Waals surface area contributed by atoms with Crippen molar-refractivity contribution in [2.45, 2.75) is 39.2 Å². The van der Waals surface area contributed by atoms with E-state index in [1.807, 2.05) is 36.4 Å². The predicted molar refractivity (Wildman–Crippen MR) is 117 cm³/mol. The highest BCUT2D eigenvalue weighted by molar-refractivity contribution is 5.94. The first-order chi connectivity index (χ1) is 14.0. The number of piperidine rings is 1. The third kappa shape index (κ3) is 6.14. The van der Waals surface area contributed by atoms with Crippen LogP contribution in [0.1, 0.15) is 43.5 Å². The summed E-state index contributed by atoms with van der Waals surface area (Å²) in [6.45, 7) is 6.92. The van der Waals surface area contributed by atoms with E-state index in [-0.39, 0.29) is 11.9 Å². The Hall–Kier alpha value is -2.69. The third-order valence-electron chi connectivity index (χ3n) is 5.35. The van der Waals surface area contributed by atoms with E-state index >= 15 is 0 Å². The number of methoxy groups -OCH3 is 1. The van der Waals surface area contributed by atoms with E-state index in [1.54, 1.807) is 7.11 Å². The standard InChI is InChI=1S/C24H32N2O3/c1-18(2)14-17-29-23-8-4-19(5-9-23)24(27)25-20-12-15-26(16-13-20)21-6-10-22(28-3)11-7-21/h4-11,18,20H,12-17H2,1-3H3,(H,25,27). The van der Waals surface area contributed by atoms with Gasteiger partial charge in [0.25, 0.3) is 5.91 Å². The second kappa shape index (κ2) is 10.2. The molecule has 1 heterocycles. The van der Waals surface area contributed by atoms with Gasteiger partial charge in [-0.2, -0.15) is 0 Å². The van der Waals surface area contributed by atoms with E-state index in [1.165, 1.54) is 5.69 Å². The Kier molecular flexibility index (Phi) is 7.39. The molecule has 1 aliphatic heterocycles. The summed E-state index contributed by atoms with van der Waals surface area (Å²) < 4.78 is 10.9. The summed E-state index contributed by atoms with van der Waals surface area (Å²) in [5.41, 5.74) is 1.88. The molecule has 156 valence electrons. The number of benzene rings is 2. The largest absolute Gasteiger partial charge is 0.497 e. The van der Waals surface area contributed by atoms with Crippen LogP contribution in [0.5, 0.6) is 11.5 Å². The molecule has 0 saturated carbocycles. The molecule has 1 N–H and O–H groups in total. The summed E-state index contributed by atoms with van der Waals surface area (Å²) in [7, 11) is 1.68. The van der Waals surface area contributed by atoms with Gasteiger partial charge in [0.05, 0.1) is 13.7 Å². The number of hydrogen-bond acceptors (Lipinski definition) is 4. The molecule has 1 fully saturated rings. The van der Waals surface area contributed by atoms with Crippen molar-refractivity contribution < 1.29 is 14.3 Å². The molecule has 0 unspecified atom stereocenters. The smallest absolute Gasteiger partial charge is 0.251 e. The van der Waals surface area contributed by atoms with E-state index in [9.17, 15) is 4.79 Å². The summed E-state index contributed by atoms with van der Waals surface area (Å²) in [6.07, 6.45) is 2.90. The second-order valence-electron chi connectivity index (χ2n) is 7.99. The van der Waals surface area contributed by atoms with Crippen molar-refractivity contribution in [2.24, 2.45) is 5.92 Å². The minimum absolute atomic E-state index is 0.0124. The quantitative estimate of drug-likeness (QED) is 0.713. The van der Waals surface area contributed by atoms with Gasteiger partial charge in [0.1, 0.15) is 11.5 Å². The Balaban J connectivity index is 1.45. The van der Waals surface area contributed by atoms with Crippen LogP contribution < -0.4 is 19.7 Å². The Labute approximate surface area is 174 Å². The van der Waals surface area contributed by atoms with Gasteiger partial charge in [-0.15, -0.1) is 0 Å². The molecule has 0 spiro atoms. The zero-order valence-electron chi connectivity index (χ0n) is 17.7. The molecular formula is C24H32N2O3. The first-order valence-corrected chi connectivity index (χ1v) is 10.5. The summed E-state index contributed by atoms with van der Waals surface area (Å²) in [5.74, 6) is 2.29. The van der Waals surface area contributed by atoms with Gasteiger partial charge in [0, 0.05) is 30.4 Å². The maximum absolute atomic E-state index is 12.6. The van der Waals surface area contributed by atoms with Gasteiger partial charge < -0.3 is 19.7 Å². The highest BCUT2D eigenvalue weighted by Gasteiger charge is 2.21.